The van der Waals surface area contributed by atoms with Crippen molar-refractivity contribution in [2.24, 2.45) is 0 Å². The van der Waals surface area contributed by atoms with Gasteiger partial charge >= 0.3 is 5.97 Å². The molecule has 2 rings (SSSR count). The van der Waals surface area contributed by atoms with Crippen molar-refractivity contribution < 1.29 is 14.3 Å². The molecule has 1 aromatic heterocycles. The predicted molar refractivity (Wildman–Crippen MR) is 79.0 cm³/mol. The van der Waals surface area contributed by atoms with Crippen LogP contribution in [0.5, 0.6) is 0 Å². The Bertz CT molecular complexity index is 672. The number of carbonyl (C=O) groups excluding carboxylic acids is 2. The summed E-state index contributed by atoms with van der Waals surface area (Å²) in [5.74, 6) is -0.947. The molecule has 1 unspecified atom stereocenters. The first kappa shape index (κ1) is 14.8. The molecule has 0 radical (unpaired) electrons. The minimum Gasteiger partial charge on any atom is -0.448 e. The fourth-order valence-corrected chi connectivity index (χ4v) is 2.14. The summed E-state index contributed by atoms with van der Waals surface area (Å²) < 4.78 is 5.08. The van der Waals surface area contributed by atoms with Gasteiger partial charge in [0, 0.05) is 5.69 Å². The number of rotatable bonds is 4. The van der Waals surface area contributed by atoms with Crippen molar-refractivity contribution in [1.29, 1.82) is 5.26 Å². The zero-order valence-electron chi connectivity index (χ0n) is 11.2. The van der Waals surface area contributed by atoms with Gasteiger partial charge in [-0.15, -0.1) is 11.3 Å². The lowest BCUT2D eigenvalue weighted by Crippen LogP contribution is -2.29. The average Bonchev–Trinajstić information content (AvgIpc) is 3.02. The van der Waals surface area contributed by atoms with Gasteiger partial charge in [0.1, 0.15) is 4.88 Å². The van der Waals surface area contributed by atoms with Crippen LogP contribution in [0.2, 0.25) is 0 Å². The Hall–Kier alpha value is -2.65. The molecular weight excluding hydrogens is 288 g/mol. The number of nitrogens with zero attached hydrogens (tertiary/aromatic N) is 1. The van der Waals surface area contributed by atoms with Gasteiger partial charge in [0.05, 0.1) is 11.6 Å². The predicted octanol–water partition coefficient (Wildman–Crippen LogP) is 2.80. The number of thiophene rings is 1. The fourth-order valence-electron chi connectivity index (χ4n) is 1.54. The molecule has 106 valence electrons. The SMILES string of the molecule is CC(OC(=O)c1cccs1)C(=O)Nc1ccc(C#N)cc1. The van der Waals surface area contributed by atoms with Crippen molar-refractivity contribution in [1.82, 2.24) is 0 Å². The van der Waals surface area contributed by atoms with Crippen molar-refractivity contribution in [2.45, 2.75) is 13.0 Å². The third kappa shape index (κ3) is 3.91. The number of anilines is 1. The highest BCUT2D eigenvalue weighted by Crippen LogP contribution is 2.13. The maximum absolute atomic E-state index is 11.9. The van der Waals surface area contributed by atoms with Crippen LogP contribution < -0.4 is 5.32 Å². The number of esters is 1. The van der Waals surface area contributed by atoms with Crippen LogP contribution >= 0.6 is 11.3 Å². The Morgan fingerprint density at radius 3 is 2.57 bits per heavy atom. The first-order valence-electron chi connectivity index (χ1n) is 6.15. The smallest absolute Gasteiger partial charge is 0.349 e. The molecule has 1 atom stereocenters. The fraction of sp³-hybridized carbons (Fsp3) is 0.133. The lowest BCUT2D eigenvalue weighted by Gasteiger charge is -2.12. The number of nitrogens with one attached hydrogen (secondary N) is 1. The first-order chi connectivity index (χ1) is 10.1. The molecule has 6 heteroatoms. The molecular formula is C15H12N2O3S. The number of amides is 1. The van der Waals surface area contributed by atoms with E-state index in [0.29, 0.717) is 16.1 Å². The van der Waals surface area contributed by atoms with E-state index in [9.17, 15) is 9.59 Å². The summed E-state index contributed by atoms with van der Waals surface area (Å²) >= 11 is 1.26. The van der Waals surface area contributed by atoms with Crippen LogP contribution in [0.3, 0.4) is 0 Å². The van der Waals surface area contributed by atoms with Gasteiger partial charge in [-0.25, -0.2) is 4.79 Å². The monoisotopic (exact) mass is 300 g/mol. The Labute approximate surface area is 125 Å². The molecule has 0 aliphatic carbocycles. The largest absolute Gasteiger partial charge is 0.448 e. The van der Waals surface area contributed by atoms with Crippen molar-refractivity contribution in [2.75, 3.05) is 5.32 Å². The third-order valence-electron chi connectivity index (χ3n) is 2.66. The number of benzene rings is 1. The molecule has 1 amide bonds. The average molecular weight is 300 g/mol. The van der Waals surface area contributed by atoms with E-state index >= 15 is 0 Å². The number of hydrogen-bond donors (Lipinski definition) is 1. The van der Waals surface area contributed by atoms with E-state index in [0.717, 1.165) is 0 Å². The maximum Gasteiger partial charge on any atom is 0.349 e. The number of nitriles is 1. The van der Waals surface area contributed by atoms with Crippen LogP contribution in [0.1, 0.15) is 22.2 Å². The summed E-state index contributed by atoms with van der Waals surface area (Å²) in [4.78, 5) is 24.1. The van der Waals surface area contributed by atoms with Gasteiger partial charge in [0.25, 0.3) is 5.91 Å². The Kier molecular flexibility index (Phi) is 4.69. The van der Waals surface area contributed by atoms with Gasteiger partial charge < -0.3 is 10.1 Å². The van der Waals surface area contributed by atoms with Gasteiger partial charge in [-0.2, -0.15) is 5.26 Å². The summed E-state index contributed by atoms with van der Waals surface area (Å²) in [7, 11) is 0. The summed E-state index contributed by atoms with van der Waals surface area (Å²) in [5.41, 5.74) is 1.04. The number of carbonyl (C=O) groups is 2. The second-order valence-corrected chi connectivity index (χ2v) is 5.15. The van der Waals surface area contributed by atoms with Gasteiger partial charge in [-0.1, -0.05) is 6.07 Å². The van der Waals surface area contributed by atoms with Crippen molar-refractivity contribution in [3.8, 4) is 6.07 Å². The first-order valence-corrected chi connectivity index (χ1v) is 7.03. The Morgan fingerprint density at radius 1 is 1.29 bits per heavy atom. The molecule has 0 spiro atoms. The van der Waals surface area contributed by atoms with Crippen molar-refractivity contribution in [3.05, 3.63) is 52.2 Å². The lowest BCUT2D eigenvalue weighted by atomic mass is 10.2. The molecule has 5 nitrogen and oxygen atoms in total. The molecule has 0 aliphatic heterocycles. The van der Waals surface area contributed by atoms with Crippen LogP contribution in [0.25, 0.3) is 0 Å². The number of hydrogen-bond acceptors (Lipinski definition) is 5. The normalized spacial score (nSPS) is 11.2. The summed E-state index contributed by atoms with van der Waals surface area (Å²) in [5, 5.41) is 13.1. The zero-order valence-corrected chi connectivity index (χ0v) is 12.0. The molecule has 21 heavy (non-hydrogen) atoms. The highest BCUT2D eigenvalue weighted by Gasteiger charge is 2.19. The minimum absolute atomic E-state index is 0.426. The highest BCUT2D eigenvalue weighted by molar-refractivity contribution is 7.11. The molecule has 0 fully saturated rings. The quantitative estimate of drug-likeness (QED) is 0.881. The molecule has 0 aliphatic rings. The van der Waals surface area contributed by atoms with Crippen LogP contribution in [0.15, 0.2) is 41.8 Å². The van der Waals surface area contributed by atoms with Gasteiger partial charge in [-0.3, -0.25) is 4.79 Å². The summed E-state index contributed by atoms with van der Waals surface area (Å²) in [6.45, 7) is 1.50. The van der Waals surface area contributed by atoms with Gasteiger partial charge in [0.2, 0.25) is 0 Å². The molecule has 1 N–H and O–H groups in total. The standard InChI is InChI=1S/C15H12N2O3S/c1-10(20-15(19)13-3-2-8-21-13)14(18)17-12-6-4-11(9-16)5-7-12/h2-8,10H,1H3,(H,17,18). The zero-order chi connectivity index (χ0) is 15.2. The Morgan fingerprint density at radius 2 is 2.00 bits per heavy atom. The van der Waals surface area contributed by atoms with E-state index in [2.05, 4.69) is 5.32 Å². The molecule has 0 saturated heterocycles. The topological polar surface area (TPSA) is 79.2 Å². The van der Waals surface area contributed by atoms with Gasteiger partial charge in [-0.05, 0) is 42.6 Å². The lowest BCUT2D eigenvalue weighted by molar-refractivity contribution is -0.123. The van der Waals surface area contributed by atoms with Crippen LogP contribution in [0, 0.1) is 11.3 Å². The van der Waals surface area contributed by atoms with Gasteiger partial charge in [0.15, 0.2) is 6.10 Å². The molecule has 0 bridgehead atoms. The molecule has 1 aromatic carbocycles. The molecule has 2 aromatic rings. The summed E-state index contributed by atoms with van der Waals surface area (Å²) in [6.07, 6.45) is -0.907. The van der Waals surface area contributed by atoms with Crippen LogP contribution in [0.4, 0.5) is 5.69 Å². The highest BCUT2D eigenvalue weighted by atomic mass is 32.1. The third-order valence-corrected chi connectivity index (χ3v) is 3.51. The van der Waals surface area contributed by atoms with E-state index in [1.54, 1.807) is 41.8 Å². The minimum atomic E-state index is -0.907. The van der Waals surface area contributed by atoms with E-state index in [-0.39, 0.29) is 0 Å². The van der Waals surface area contributed by atoms with E-state index in [1.807, 2.05) is 6.07 Å². The van der Waals surface area contributed by atoms with Crippen LogP contribution in [-0.4, -0.2) is 18.0 Å². The molecule has 1 heterocycles. The van der Waals surface area contributed by atoms with Crippen molar-refractivity contribution in [3.63, 3.8) is 0 Å². The summed E-state index contributed by atoms with van der Waals surface area (Å²) in [6, 6.07) is 11.8. The molecule has 0 saturated carbocycles. The van der Waals surface area contributed by atoms with Crippen molar-refractivity contribution >= 4 is 28.9 Å². The van der Waals surface area contributed by atoms with E-state index < -0.39 is 18.0 Å². The second kappa shape index (κ2) is 6.68. The number of ether oxygens (including phenoxy) is 1. The van der Waals surface area contributed by atoms with E-state index in [4.69, 9.17) is 10.00 Å². The second-order valence-electron chi connectivity index (χ2n) is 4.20. The van der Waals surface area contributed by atoms with Crippen LogP contribution in [-0.2, 0) is 9.53 Å². The van der Waals surface area contributed by atoms with E-state index in [1.165, 1.54) is 18.3 Å². The Balaban J connectivity index is 1.93. The maximum atomic E-state index is 11.9.